The van der Waals surface area contributed by atoms with Crippen molar-refractivity contribution in [2.24, 2.45) is 5.92 Å². The second kappa shape index (κ2) is 9.55. The van der Waals surface area contributed by atoms with Gasteiger partial charge in [-0.1, -0.05) is 25.3 Å². The number of fused-ring (bicyclic) bond motifs is 1. The van der Waals surface area contributed by atoms with E-state index in [0.29, 0.717) is 5.91 Å². The minimum absolute atomic E-state index is 0.0146. The lowest BCUT2D eigenvalue weighted by atomic mass is 9.87. The summed E-state index contributed by atoms with van der Waals surface area (Å²) in [7, 11) is 0. The zero-order valence-electron chi connectivity index (χ0n) is 19.3. The number of hydrogen-bond acceptors (Lipinski definition) is 5. The summed E-state index contributed by atoms with van der Waals surface area (Å²) in [6.07, 6.45) is 12.9. The van der Waals surface area contributed by atoms with Crippen molar-refractivity contribution in [3.05, 3.63) is 47.2 Å². The molecule has 1 saturated carbocycles. The van der Waals surface area contributed by atoms with Crippen molar-refractivity contribution >= 4 is 11.7 Å². The van der Waals surface area contributed by atoms with Crippen molar-refractivity contribution in [1.82, 2.24) is 19.9 Å². The molecule has 0 bridgehead atoms. The Morgan fingerprint density at radius 2 is 1.84 bits per heavy atom. The van der Waals surface area contributed by atoms with Crippen LogP contribution in [-0.4, -0.2) is 38.8 Å². The third-order valence-electron chi connectivity index (χ3n) is 7.48. The molecule has 0 spiro atoms. The van der Waals surface area contributed by atoms with Gasteiger partial charge in [-0.15, -0.1) is 0 Å². The van der Waals surface area contributed by atoms with E-state index in [1.54, 1.807) is 0 Å². The zero-order chi connectivity index (χ0) is 21.9. The third kappa shape index (κ3) is 4.37. The Labute approximate surface area is 191 Å². The van der Waals surface area contributed by atoms with Gasteiger partial charge >= 0.3 is 0 Å². The van der Waals surface area contributed by atoms with Gasteiger partial charge in [-0.3, -0.25) is 9.78 Å². The van der Waals surface area contributed by atoms with E-state index in [2.05, 4.69) is 27.8 Å². The quantitative estimate of drug-likeness (QED) is 0.695. The molecule has 3 aliphatic rings. The molecule has 1 saturated heterocycles. The van der Waals surface area contributed by atoms with E-state index in [-0.39, 0.29) is 12.0 Å². The molecule has 6 heteroatoms. The van der Waals surface area contributed by atoms with Crippen molar-refractivity contribution in [3.63, 3.8) is 0 Å². The first-order chi connectivity index (χ1) is 15.7. The summed E-state index contributed by atoms with van der Waals surface area (Å²) in [5, 5.41) is 0. The number of aryl methyl sites for hydroxylation is 1. The number of carbonyl (C=O) groups is 1. The fourth-order valence-electron chi connectivity index (χ4n) is 5.75. The molecule has 4 heterocycles. The number of aromatic nitrogens is 3. The maximum atomic E-state index is 13.5. The number of nitrogens with zero attached hydrogens (tertiary/aromatic N) is 5. The fraction of sp³-hybridized carbons (Fsp3) is 0.615. The van der Waals surface area contributed by atoms with Gasteiger partial charge in [-0.05, 0) is 64.0 Å². The average Bonchev–Trinajstić information content (AvgIpc) is 2.85. The number of amides is 1. The van der Waals surface area contributed by atoms with Crippen LogP contribution >= 0.6 is 0 Å². The minimum Gasteiger partial charge on any atom is -0.350 e. The van der Waals surface area contributed by atoms with Gasteiger partial charge in [0.25, 0.3) is 0 Å². The van der Waals surface area contributed by atoms with Crippen LogP contribution in [0.5, 0.6) is 0 Å². The van der Waals surface area contributed by atoms with Crippen LogP contribution in [0.3, 0.4) is 0 Å². The van der Waals surface area contributed by atoms with Crippen molar-refractivity contribution in [2.45, 2.75) is 83.7 Å². The van der Waals surface area contributed by atoms with Gasteiger partial charge in [0.15, 0.2) is 5.82 Å². The number of hydrogen-bond donors (Lipinski definition) is 0. The monoisotopic (exact) mass is 433 g/mol. The predicted octanol–water partition coefficient (Wildman–Crippen LogP) is 4.77. The smallest absolute Gasteiger partial charge is 0.226 e. The normalized spacial score (nSPS) is 22.0. The molecule has 2 aromatic rings. The SMILES string of the molecule is Cc1nc([C@@H]2CCCCN2C(=O)C2CCCCC2)nc2c1CCCN2Cc1ccccn1. The minimum atomic E-state index is 0.0146. The molecule has 0 unspecified atom stereocenters. The molecule has 1 atom stereocenters. The molecule has 0 radical (unpaired) electrons. The standard InChI is InChI=1S/C26H35N5O/c1-19-22-13-9-16-30(18-21-12-5-7-15-27-21)25(22)29-24(28-19)23-14-6-8-17-31(23)26(32)20-10-3-2-4-11-20/h5,7,12,15,20,23H,2-4,6,8-11,13-14,16-18H2,1H3/t23-/m0/s1. The molecule has 1 amide bonds. The van der Waals surface area contributed by atoms with E-state index in [1.165, 1.54) is 24.8 Å². The summed E-state index contributed by atoms with van der Waals surface area (Å²) in [6.45, 7) is 4.70. The fourth-order valence-corrected chi connectivity index (χ4v) is 5.75. The average molecular weight is 434 g/mol. The molecular formula is C26H35N5O. The summed E-state index contributed by atoms with van der Waals surface area (Å²) >= 11 is 0. The summed E-state index contributed by atoms with van der Waals surface area (Å²) in [4.78, 5) is 32.6. The maximum absolute atomic E-state index is 13.5. The molecule has 2 fully saturated rings. The lowest BCUT2D eigenvalue weighted by Gasteiger charge is -2.39. The van der Waals surface area contributed by atoms with Crippen LogP contribution in [-0.2, 0) is 17.8 Å². The first-order valence-electron chi connectivity index (χ1n) is 12.5. The highest BCUT2D eigenvalue weighted by Crippen LogP contribution is 2.36. The Bertz CT molecular complexity index is 941. The first kappa shape index (κ1) is 21.4. The summed E-state index contributed by atoms with van der Waals surface area (Å²) in [5.41, 5.74) is 3.40. The lowest BCUT2D eigenvalue weighted by Crippen LogP contribution is -2.43. The van der Waals surface area contributed by atoms with Crippen molar-refractivity contribution in [3.8, 4) is 0 Å². The van der Waals surface area contributed by atoms with Gasteiger partial charge in [0.2, 0.25) is 5.91 Å². The highest BCUT2D eigenvalue weighted by atomic mass is 16.2. The molecule has 1 aliphatic carbocycles. The van der Waals surface area contributed by atoms with Gasteiger partial charge in [0.05, 0.1) is 18.3 Å². The molecular weight excluding hydrogens is 398 g/mol. The van der Waals surface area contributed by atoms with Crippen molar-refractivity contribution in [2.75, 3.05) is 18.0 Å². The van der Waals surface area contributed by atoms with E-state index in [4.69, 9.17) is 9.97 Å². The van der Waals surface area contributed by atoms with Crippen LogP contribution in [0.25, 0.3) is 0 Å². The second-order valence-corrected chi connectivity index (χ2v) is 9.69. The predicted molar refractivity (Wildman–Crippen MR) is 125 cm³/mol. The highest BCUT2D eigenvalue weighted by Gasteiger charge is 2.35. The van der Waals surface area contributed by atoms with Gasteiger partial charge in [0, 0.05) is 36.5 Å². The Kier molecular flexibility index (Phi) is 6.37. The number of pyridine rings is 1. The van der Waals surface area contributed by atoms with E-state index in [9.17, 15) is 4.79 Å². The van der Waals surface area contributed by atoms with E-state index < -0.39 is 0 Å². The summed E-state index contributed by atoms with van der Waals surface area (Å²) in [6, 6.07) is 6.09. The molecule has 170 valence electrons. The highest BCUT2D eigenvalue weighted by molar-refractivity contribution is 5.79. The topological polar surface area (TPSA) is 62.2 Å². The molecule has 32 heavy (non-hydrogen) atoms. The zero-order valence-corrected chi connectivity index (χ0v) is 19.3. The second-order valence-electron chi connectivity index (χ2n) is 9.69. The largest absolute Gasteiger partial charge is 0.350 e. The van der Waals surface area contributed by atoms with E-state index in [0.717, 1.165) is 87.6 Å². The van der Waals surface area contributed by atoms with Crippen LogP contribution in [0.15, 0.2) is 24.4 Å². The van der Waals surface area contributed by atoms with Gasteiger partial charge in [0.1, 0.15) is 5.82 Å². The van der Waals surface area contributed by atoms with Crippen LogP contribution in [0, 0.1) is 12.8 Å². The molecule has 5 rings (SSSR count). The first-order valence-corrected chi connectivity index (χ1v) is 12.5. The molecule has 0 aromatic carbocycles. The van der Waals surface area contributed by atoms with Gasteiger partial charge < -0.3 is 9.80 Å². The van der Waals surface area contributed by atoms with Crippen LogP contribution < -0.4 is 4.90 Å². The Morgan fingerprint density at radius 1 is 1.00 bits per heavy atom. The van der Waals surface area contributed by atoms with E-state index in [1.807, 2.05) is 18.3 Å². The Balaban J connectivity index is 1.44. The van der Waals surface area contributed by atoms with Crippen molar-refractivity contribution < 1.29 is 4.79 Å². The van der Waals surface area contributed by atoms with Crippen molar-refractivity contribution in [1.29, 1.82) is 0 Å². The number of likely N-dealkylation sites (tertiary alicyclic amines) is 1. The van der Waals surface area contributed by atoms with E-state index >= 15 is 0 Å². The van der Waals surface area contributed by atoms with Crippen LogP contribution in [0.1, 0.15) is 86.6 Å². The van der Waals surface area contributed by atoms with Gasteiger partial charge in [-0.2, -0.15) is 0 Å². The molecule has 2 aromatic heterocycles. The third-order valence-corrected chi connectivity index (χ3v) is 7.48. The summed E-state index contributed by atoms with van der Waals surface area (Å²) in [5.74, 6) is 2.44. The summed E-state index contributed by atoms with van der Waals surface area (Å²) < 4.78 is 0. The van der Waals surface area contributed by atoms with Crippen LogP contribution in [0.2, 0.25) is 0 Å². The maximum Gasteiger partial charge on any atom is 0.226 e. The number of rotatable bonds is 4. The number of anilines is 1. The Morgan fingerprint density at radius 3 is 2.66 bits per heavy atom. The molecule has 0 N–H and O–H groups in total. The Hall–Kier alpha value is -2.50. The molecule has 6 nitrogen and oxygen atoms in total. The number of carbonyl (C=O) groups excluding carboxylic acids is 1. The molecule has 2 aliphatic heterocycles. The lowest BCUT2D eigenvalue weighted by molar-refractivity contribution is -0.140. The number of piperidine rings is 1. The van der Waals surface area contributed by atoms with Crippen LogP contribution in [0.4, 0.5) is 5.82 Å². The van der Waals surface area contributed by atoms with Gasteiger partial charge in [-0.25, -0.2) is 9.97 Å².